The molecule has 5 heteroatoms. The second kappa shape index (κ2) is 6.39. The second-order valence-electron chi connectivity index (χ2n) is 4.13. The molecule has 2 N–H and O–H groups in total. The molecule has 1 rings (SSSR count). The molecular weight excluding hydrogens is 228 g/mol. The van der Waals surface area contributed by atoms with Gasteiger partial charge in [-0.1, -0.05) is 13.8 Å². The first-order valence-electron chi connectivity index (χ1n) is 5.45. The predicted octanol–water partition coefficient (Wildman–Crippen LogP) is 2.60. The van der Waals surface area contributed by atoms with Crippen molar-refractivity contribution in [1.82, 2.24) is 0 Å². The van der Waals surface area contributed by atoms with Gasteiger partial charge in [0.05, 0.1) is 6.61 Å². The zero-order valence-electron chi connectivity index (χ0n) is 10.0. The lowest BCUT2D eigenvalue weighted by molar-refractivity contribution is 0.0795. The van der Waals surface area contributed by atoms with Crippen LogP contribution in [-0.2, 0) is 4.74 Å². The third-order valence-corrected chi connectivity index (χ3v) is 1.95. The first-order chi connectivity index (χ1) is 8.00. The highest BCUT2D eigenvalue weighted by Crippen LogP contribution is 2.24. The Labute approximate surface area is 99.5 Å². The Bertz CT molecular complexity index is 347. The van der Waals surface area contributed by atoms with Crippen LogP contribution in [0.2, 0.25) is 0 Å². The van der Waals surface area contributed by atoms with Gasteiger partial charge >= 0.3 is 0 Å². The Morgan fingerprint density at radius 2 is 1.76 bits per heavy atom. The minimum Gasteiger partial charge on any atom is -0.485 e. The van der Waals surface area contributed by atoms with E-state index in [9.17, 15) is 8.78 Å². The second-order valence-corrected chi connectivity index (χ2v) is 4.13. The average molecular weight is 245 g/mol. The van der Waals surface area contributed by atoms with Crippen LogP contribution in [0.15, 0.2) is 12.1 Å². The van der Waals surface area contributed by atoms with Crippen LogP contribution >= 0.6 is 0 Å². The highest BCUT2D eigenvalue weighted by molar-refractivity contribution is 5.44. The van der Waals surface area contributed by atoms with Crippen LogP contribution in [0.25, 0.3) is 0 Å². The maximum absolute atomic E-state index is 13.3. The van der Waals surface area contributed by atoms with Crippen LogP contribution in [0.3, 0.4) is 0 Å². The van der Waals surface area contributed by atoms with Crippen molar-refractivity contribution in [3.8, 4) is 5.75 Å². The van der Waals surface area contributed by atoms with Crippen molar-refractivity contribution in [1.29, 1.82) is 0 Å². The maximum atomic E-state index is 13.3. The number of hydrogen-bond acceptors (Lipinski definition) is 3. The molecule has 3 nitrogen and oxygen atoms in total. The van der Waals surface area contributed by atoms with Crippen LogP contribution in [0.1, 0.15) is 13.8 Å². The van der Waals surface area contributed by atoms with Crippen LogP contribution < -0.4 is 10.5 Å². The van der Waals surface area contributed by atoms with Crippen LogP contribution in [0.5, 0.6) is 5.75 Å². The standard InChI is InChI=1S/C12H17F2NO2/c1-8(2)7-16-3-4-17-12-10(13)5-9(15)6-11(12)14/h5-6,8H,3-4,7,15H2,1-2H3. The number of halogens is 2. The molecule has 0 atom stereocenters. The number of nitrogens with two attached hydrogens (primary N) is 1. The van der Waals surface area contributed by atoms with E-state index in [4.69, 9.17) is 15.2 Å². The van der Waals surface area contributed by atoms with Gasteiger partial charge in [-0.25, -0.2) is 8.78 Å². The third kappa shape index (κ3) is 4.56. The fourth-order valence-corrected chi connectivity index (χ4v) is 1.24. The minimum absolute atomic E-state index is 0.0309. The van der Waals surface area contributed by atoms with E-state index in [1.165, 1.54) is 0 Å². The van der Waals surface area contributed by atoms with E-state index in [1.54, 1.807) is 0 Å². The summed E-state index contributed by atoms with van der Waals surface area (Å²) in [6.45, 7) is 5.02. The van der Waals surface area contributed by atoms with Crippen molar-refractivity contribution in [3.05, 3.63) is 23.8 Å². The Kier molecular flexibility index (Phi) is 5.15. The number of nitrogen functional groups attached to an aromatic ring is 1. The summed E-state index contributed by atoms with van der Waals surface area (Å²) in [6.07, 6.45) is 0. The first-order valence-corrected chi connectivity index (χ1v) is 5.45. The van der Waals surface area contributed by atoms with Gasteiger partial charge in [0.15, 0.2) is 17.4 Å². The Hall–Kier alpha value is -1.36. The molecule has 0 aliphatic carbocycles. The van der Waals surface area contributed by atoms with E-state index in [-0.39, 0.29) is 12.3 Å². The van der Waals surface area contributed by atoms with Gasteiger partial charge in [-0.2, -0.15) is 0 Å². The third-order valence-electron chi connectivity index (χ3n) is 1.95. The van der Waals surface area contributed by atoms with E-state index in [1.807, 2.05) is 13.8 Å². The summed E-state index contributed by atoms with van der Waals surface area (Å²) < 4.78 is 36.7. The summed E-state index contributed by atoms with van der Waals surface area (Å²) in [5, 5.41) is 0. The van der Waals surface area contributed by atoms with E-state index < -0.39 is 17.4 Å². The predicted molar refractivity (Wildman–Crippen MR) is 61.9 cm³/mol. The lowest BCUT2D eigenvalue weighted by Gasteiger charge is -2.10. The molecule has 0 spiro atoms. The number of rotatable bonds is 6. The van der Waals surface area contributed by atoms with Gasteiger partial charge in [-0.15, -0.1) is 0 Å². The van der Waals surface area contributed by atoms with Gasteiger partial charge in [-0.3, -0.25) is 0 Å². The van der Waals surface area contributed by atoms with Gasteiger partial charge in [0.2, 0.25) is 0 Å². The molecule has 1 aromatic rings. The summed E-state index contributed by atoms with van der Waals surface area (Å²) in [4.78, 5) is 0. The molecule has 0 unspecified atom stereocenters. The molecule has 0 amide bonds. The largest absolute Gasteiger partial charge is 0.485 e. The summed E-state index contributed by atoms with van der Waals surface area (Å²) in [7, 11) is 0. The van der Waals surface area contributed by atoms with Crippen LogP contribution in [0, 0.1) is 17.6 Å². The van der Waals surface area contributed by atoms with E-state index >= 15 is 0 Å². The monoisotopic (exact) mass is 245 g/mol. The number of hydrogen-bond donors (Lipinski definition) is 1. The van der Waals surface area contributed by atoms with Crippen LogP contribution in [0.4, 0.5) is 14.5 Å². The summed E-state index contributed by atoms with van der Waals surface area (Å²) in [5.74, 6) is -1.59. The molecule has 17 heavy (non-hydrogen) atoms. The lowest BCUT2D eigenvalue weighted by Crippen LogP contribution is -2.11. The van der Waals surface area contributed by atoms with Gasteiger partial charge in [0, 0.05) is 24.4 Å². The highest BCUT2D eigenvalue weighted by Gasteiger charge is 2.11. The van der Waals surface area contributed by atoms with Crippen molar-refractivity contribution in [2.75, 3.05) is 25.6 Å². The molecule has 0 aromatic heterocycles. The van der Waals surface area contributed by atoms with Crippen molar-refractivity contribution >= 4 is 5.69 Å². The van der Waals surface area contributed by atoms with Gasteiger partial charge in [-0.05, 0) is 5.92 Å². The smallest absolute Gasteiger partial charge is 0.190 e. The van der Waals surface area contributed by atoms with Gasteiger partial charge in [0.1, 0.15) is 6.61 Å². The minimum atomic E-state index is -0.800. The number of ether oxygens (including phenoxy) is 2. The fraction of sp³-hybridized carbons (Fsp3) is 0.500. The molecule has 0 aliphatic rings. The van der Waals surface area contributed by atoms with Crippen molar-refractivity contribution < 1.29 is 18.3 Å². The normalized spacial score (nSPS) is 10.9. The summed E-state index contributed by atoms with van der Waals surface area (Å²) >= 11 is 0. The molecule has 0 bridgehead atoms. The zero-order valence-corrected chi connectivity index (χ0v) is 10.0. The Balaban J connectivity index is 2.42. The lowest BCUT2D eigenvalue weighted by atomic mass is 10.2. The Morgan fingerprint density at radius 1 is 1.18 bits per heavy atom. The Morgan fingerprint density at radius 3 is 2.29 bits per heavy atom. The topological polar surface area (TPSA) is 44.5 Å². The van der Waals surface area contributed by atoms with Crippen LogP contribution in [-0.4, -0.2) is 19.8 Å². The van der Waals surface area contributed by atoms with E-state index in [2.05, 4.69) is 0 Å². The molecule has 0 heterocycles. The summed E-state index contributed by atoms with van der Waals surface area (Å²) in [5.41, 5.74) is 5.31. The molecule has 0 fully saturated rings. The average Bonchev–Trinajstić information content (AvgIpc) is 2.20. The van der Waals surface area contributed by atoms with Crippen molar-refractivity contribution in [3.63, 3.8) is 0 Å². The van der Waals surface area contributed by atoms with Gasteiger partial charge < -0.3 is 15.2 Å². The maximum Gasteiger partial charge on any atom is 0.190 e. The van der Waals surface area contributed by atoms with E-state index in [0.29, 0.717) is 19.1 Å². The number of benzene rings is 1. The summed E-state index contributed by atoms with van der Waals surface area (Å²) in [6, 6.07) is 2.04. The molecular formula is C12H17F2NO2. The fourth-order valence-electron chi connectivity index (χ4n) is 1.24. The molecule has 0 radical (unpaired) electrons. The van der Waals surface area contributed by atoms with Gasteiger partial charge in [0.25, 0.3) is 0 Å². The van der Waals surface area contributed by atoms with E-state index in [0.717, 1.165) is 12.1 Å². The van der Waals surface area contributed by atoms with Crippen molar-refractivity contribution in [2.24, 2.45) is 5.92 Å². The first kappa shape index (κ1) is 13.7. The molecule has 1 aromatic carbocycles. The number of anilines is 1. The molecule has 0 aliphatic heterocycles. The molecule has 0 saturated heterocycles. The zero-order chi connectivity index (χ0) is 12.8. The quantitative estimate of drug-likeness (QED) is 0.619. The SMILES string of the molecule is CC(C)COCCOc1c(F)cc(N)cc1F. The highest BCUT2D eigenvalue weighted by atomic mass is 19.1. The molecule has 96 valence electrons. The molecule has 0 saturated carbocycles. The van der Waals surface area contributed by atoms with Crippen molar-refractivity contribution in [2.45, 2.75) is 13.8 Å².